The van der Waals surface area contributed by atoms with Crippen molar-refractivity contribution in [2.45, 2.75) is 57.2 Å². The summed E-state index contributed by atoms with van der Waals surface area (Å²) in [5, 5.41) is 15.8. The maximum Gasteiger partial charge on any atom is 0.305 e. The van der Waals surface area contributed by atoms with Gasteiger partial charge in [-0.1, -0.05) is 0 Å². The molecule has 2 aliphatic heterocycles. The molecule has 0 saturated carbocycles. The number of nitrogens with one attached hydrogen (secondary N) is 2. The number of hydrazine groups is 1. The Morgan fingerprint density at radius 1 is 1.30 bits per heavy atom. The van der Waals surface area contributed by atoms with E-state index in [1.54, 1.807) is 0 Å². The highest BCUT2D eigenvalue weighted by atomic mass is 16.4. The average Bonchev–Trinajstić information content (AvgIpc) is 2.72. The van der Waals surface area contributed by atoms with Gasteiger partial charge in [-0.15, -0.1) is 0 Å². The first-order valence-corrected chi connectivity index (χ1v) is 8.62. The van der Waals surface area contributed by atoms with E-state index in [0.717, 1.165) is 5.01 Å². The second-order valence-electron chi connectivity index (χ2n) is 6.50. The van der Waals surface area contributed by atoms with E-state index in [0.29, 0.717) is 12.7 Å². The largest absolute Gasteiger partial charge is 0.481 e. The molecule has 0 aliphatic carbocycles. The number of hydrogen-bond acceptors (Lipinski definition) is 6. The lowest BCUT2D eigenvalue weighted by Crippen LogP contribution is -2.64. The highest BCUT2D eigenvalue weighted by Gasteiger charge is 2.44. The highest BCUT2D eigenvalue weighted by Crippen LogP contribution is 2.25. The van der Waals surface area contributed by atoms with E-state index in [1.165, 1.54) is 11.9 Å². The van der Waals surface area contributed by atoms with Gasteiger partial charge in [0.1, 0.15) is 18.4 Å². The molecule has 0 unspecified atom stereocenters. The fourth-order valence-corrected chi connectivity index (χ4v) is 3.25. The minimum absolute atomic E-state index is 0.0392. The van der Waals surface area contributed by atoms with Crippen LogP contribution in [0.4, 0.5) is 0 Å². The van der Waals surface area contributed by atoms with E-state index in [9.17, 15) is 28.8 Å². The number of amides is 4. The van der Waals surface area contributed by atoms with Gasteiger partial charge in [-0.25, -0.2) is 5.01 Å². The lowest BCUT2D eigenvalue weighted by molar-refractivity contribution is -0.176. The quantitative estimate of drug-likeness (QED) is 0.457. The number of aliphatic carboxylic acids is 1. The Hall–Kier alpha value is -2.98. The summed E-state index contributed by atoms with van der Waals surface area (Å²) in [6, 6.07) is -3.25. The molecular formula is C16H22N4O7. The van der Waals surface area contributed by atoms with Gasteiger partial charge in [0.25, 0.3) is 5.91 Å². The number of carboxylic acid groups (broad SMARTS) is 1. The van der Waals surface area contributed by atoms with Gasteiger partial charge < -0.3 is 20.5 Å². The molecule has 2 heterocycles. The van der Waals surface area contributed by atoms with Crippen LogP contribution < -0.4 is 10.6 Å². The number of fused-ring (bicyclic) bond motifs is 1. The fraction of sp³-hybridized carbons (Fsp3) is 0.625. The molecule has 0 aromatic heterocycles. The zero-order valence-corrected chi connectivity index (χ0v) is 14.8. The Bertz CT molecular complexity index is 665. The predicted octanol–water partition coefficient (Wildman–Crippen LogP) is -1.82. The molecule has 2 saturated heterocycles. The van der Waals surface area contributed by atoms with Gasteiger partial charge in [0.15, 0.2) is 0 Å². The van der Waals surface area contributed by atoms with Crippen molar-refractivity contribution in [3.05, 3.63) is 0 Å². The SMILES string of the molecule is CC(=O)N[C@H]1CCC(=O)N2CCC[C@@H](C(=O)N[C@H](C=O)CC(=O)O)N2C1=O. The van der Waals surface area contributed by atoms with Crippen molar-refractivity contribution in [2.75, 3.05) is 6.54 Å². The summed E-state index contributed by atoms with van der Waals surface area (Å²) in [5.41, 5.74) is 0. The van der Waals surface area contributed by atoms with Crippen molar-refractivity contribution < 1.29 is 33.9 Å². The van der Waals surface area contributed by atoms with Crippen LogP contribution in [0.1, 0.15) is 39.0 Å². The van der Waals surface area contributed by atoms with Crippen molar-refractivity contribution in [1.29, 1.82) is 0 Å². The first-order valence-electron chi connectivity index (χ1n) is 8.62. The minimum Gasteiger partial charge on any atom is -0.481 e. The molecule has 11 nitrogen and oxygen atoms in total. The molecule has 0 aromatic rings. The first-order chi connectivity index (χ1) is 12.7. The third-order valence-corrected chi connectivity index (χ3v) is 4.43. The van der Waals surface area contributed by atoms with E-state index < -0.39 is 48.2 Å². The minimum atomic E-state index is -1.26. The Morgan fingerprint density at radius 3 is 2.59 bits per heavy atom. The average molecular weight is 382 g/mol. The lowest BCUT2D eigenvalue weighted by atomic mass is 10.0. The molecule has 148 valence electrons. The van der Waals surface area contributed by atoms with Crippen LogP contribution in [-0.2, 0) is 28.8 Å². The van der Waals surface area contributed by atoms with Crippen molar-refractivity contribution in [3.8, 4) is 0 Å². The smallest absolute Gasteiger partial charge is 0.305 e. The van der Waals surface area contributed by atoms with Gasteiger partial charge >= 0.3 is 5.97 Å². The van der Waals surface area contributed by atoms with Crippen molar-refractivity contribution >= 4 is 35.9 Å². The van der Waals surface area contributed by atoms with Crippen LogP contribution >= 0.6 is 0 Å². The van der Waals surface area contributed by atoms with E-state index in [4.69, 9.17) is 5.11 Å². The Balaban J connectivity index is 2.24. The third-order valence-electron chi connectivity index (χ3n) is 4.43. The molecule has 0 bridgehead atoms. The summed E-state index contributed by atoms with van der Waals surface area (Å²) < 4.78 is 0. The van der Waals surface area contributed by atoms with Gasteiger partial charge in [0, 0.05) is 19.9 Å². The number of carboxylic acids is 1. The number of hydrogen-bond donors (Lipinski definition) is 3. The summed E-state index contributed by atoms with van der Waals surface area (Å²) in [5.74, 6) is -3.34. The molecule has 0 spiro atoms. The fourth-order valence-electron chi connectivity index (χ4n) is 3.25. The molecule has 0 radical (unpaired) electrons. The van der Waals surface area contributed by atoms with Crippen LogP contribution in [0, 0.1) is 0 Å². The van der Waals surface area contributed by atoms with E-state index in [2.05, 4.69) is 10.6 Å². The number of nitrogens with zero attached hydrogens (tertiary/aromatic N) is 2. The van der Waals surface area contributed by atoms with E-state index >= 15 is 0 Å². The van der Waals surface area contributed by atoms with Gasteiger partial charge in [0.05, 0.1) is 12.5 Å². The number of carbonyl (C=O) groups is 6. The van der Waals surface area contributed by atoms with Crippen LogP contribution in [0.5, 0.6) is 0 Å². The zero-order valence-electron chi connectivity index (χ0n) is 14.8. The molecule has 2 fully saturated rings. The maximum absolute atomic E-state index is 12.9. The Labute approximate surface area is 155 Å². The monoisotopic (exact) mass is 382 g/mol. The topological polar surface area (TPSA) is 153 Å². The van der Waals surface area contributed by atoms with E-state index in [-0.39, 0.29) is 31.7 Å². The van der Waals surface area contributed by atoms with Crippen LogP contribution in [0.3, 0.4) is 0 Å². The molecule has 0 aromatic carbocycles. The highest BCUT2D eigenvalue weighted by molar-refractivity contribution is 5.95. The predicted molar refractivity (Wildman–Crippen MR) is 88.7 cm³/mol. The molecule has 3 atom stereocenters. The molecule has 4 amide bonds. The second-order valence-corrected chi connectivity index (χ2v) is 6.50. The zero-order chi connectivity index (χ0) is 20.1. The third kappa shape index (κ3) is 4.80. The summed E-state index contributed by atoms with van der Waals surface area (Å²) >= 11 is 0. The lowest BCUT2D eigenvalue weighted by Gasteiger charge is -2.43. The molecule has 2 rings (SSSR count). The summed E-state index contributed by atoms with van der Waals surface area (Å²) in [4.78, 5) is 71.0. The molecule has 3 N–H and O–H groups in total. The Morgan fingerprint density at radius 2 is 2.00 bits per heavy atom. The molecular weight excluding hydrogens is 360 g/mol. The van der Waals surface area contributed by atoms with Gasteiger partial charge in [-0.3, -0.25) is 29.0 Å². The van der Waals surface area contributed by atoms with Crippen LogP contribution in [0.2, 0.25) is 0 Å². The van der Waals surface area contributed by atoms with Gasteiger partial charge in [0.2, 0.25) is 17.7 Å². The van der Waals surface area contributed by atoms with Crippen molar-refractivity contribution in [1.82, 2.24) is 20.7 Å². The number of rotatable bonds is 6. The van der Waals surface area contributed by atoms with Crippen molar-refractivity contribution in [2.24, 2.45) is 0 Å². The van der Waals surface area contributed by atoms with Crippen LogP contribution in [0.25, 0.3) is 0 Å². The number of aldehydes is 1. The van der Waals surface area contributed by atoms with Gasteiger partial charge in [-0.05, 0) is 19.3 Å². The molecule has 27 heavy (non-hydrogen) atoms. The number of carbonyl (C=O) groups excluding carboxylic acids is 5. The van der Waals surface area contributed by atoms with E-state index in [1.807, 2.05) is 0 Å². The molecule has 2 aliphatic rings. The van der Waals surface area contributed by atoms with Crippen LogP contribution in [0.15, 0.2) is 0 Å². The van der Waals surface area contributed by atoms with Crippen molar-refractivity contribution in [3.63, 3.8) is 0 Å². The summed E-state index contributed by atoms with van der Waals surface area (Å²) in [6.07, 6.45) is 0.581. The summed E-state index contributed by atoms with van der Waals surface area (Å²) in [6.45, 7) is 1.51. The van der Waals surface area contributed by atoms with Gasteiger partial charge in [-0.2, -0.15) is 0 Å². The first kappa shape index (κ1) is 20.3. The summed E-state index contributed by atoms with van der Waals surface area (Å²) in [7, 11) is 0. The van der Waals surface area contributed by atoms with Crippen LogP contribution in [-0.4, -0.2) is 75.7 Å². The normalized spacial score (nSPS) is 23.7. The molecule has 11 heteroatoms. The maximum atomic E-state index is 12.9. The Kier molecular flexibility index (Phi) is 6.48. The second kappa shape index (κ2) is 8.60. The standard InChI is InChI=1S/C16H22N4O7/c1-9(22)17-11-4-5-13(23)19-6-2-3-12(20(19)16(11)27)15(26)18-10(8-21)7-14(24)25/h8,10-12H,2-7H2,1H3,(H,17,22)(H,18,26)(H,24,25)/t10-,11-,12-/m0/s1.